The maximum Gasteiger partial charge on any atom is 0.168 e. The second-order valence-corrected chi connectivity index (χ2v) is 5.12. The molecule has 2 aliphatic rings. The fraction of sp³-hybridized carbons (Fsp3) is 0.462. The summed E-state index contributed by atoms with van der Waals surface area (Å²) in [6, 6.07) is 5.99. The van der Waals surface area contributed by atoms with Gasteiger partial charge >= 0.3 is 0 Å². The summed E-state index contributed by atoms with van der Waals surface area (Å²) in [4.78, 5) is 12.2. The van der Waals surface area contributed by atoms with Crippen LogP contribution >= 0.6 is 11.6 Å². The minimum Gasteiger partial charge on any atom is -0.313 e. The Kier molecular flexibility index (Phi) is 2.49. The standard InChI is InChI=1S/C13H14ClNO/c14-9-3-4-10-8(6-9)7-11(13(10)16)12-2-1-5-15-12/h3-4,6,11-12,15H,1-2,5,7H2. The van der Waals surface area contributed by atoms with Crippen molar-refractivity contribution >= 4 is 17.4 Å². The minimum atomic E-state index is 0.135. The van der Waals surface area contributed by atoms with E-state index in [1.54, 1.807) is 0 Å². The van der Waals surface area contributed by atoms with Crippen LogP contribution in [0.5, 0.6) is 0 Å². The number of nitrogens with one attached hydrogen (secondary N) is 1. The van der Waals surface area contributed by atoms with Crippen LogP contribution in [0.15, 0.2) is 18.2 Å². The number of benzene rings is 1. The number of ketones is 1. The van der Waals surface area contributed by atoms with Crippen LogP contribution in [0.1, 0.15) is 28.8 Å². The fourth-order valence-electron chi connectivity index (χ4n) is 2.88. The Bertz CT molecular complexity index is 438. The second kappa shape index (κ2) is 3.86. The highest BCUT2D eigenvalue weighted by molar-refractivity contribution is 6.30. The van der Waals surface area contributed by atoms with Crippen molar-refractivity contribution in [3.8, 4) is 0 Å². The van der Waals surface area contributed by atoms with E-state index in [0.717, 1.165) is 35.5 Å². The number of Topliss-reactive ketones (excluding diaryl/α,β-unsaturated/α-hetero) is 1. The van der Waals surface area contributed by atoms with E-state index in [1.807, 2.05) is 18.2 Å². The minimum absolute atomic E-state index is 0.135. The number of hydrogen-bond acceptors (Lipinski definition) is 2. The highest BCUT2D eigenvalue weighted by Crippen LogP contribution is 2.33. The monoisotopic (exact) mass is 235 g/mol. The van der Waals surface area contributed by atoms with Crippen molar-refractivity contribution < 1.29 is 4.79 Å². The Hall–Kier alpha value is -0.860. The number of rotatable bonds is 1. The van der Waals surface area contributed by atoms with E-state index in [9.17, 15) is 4.79 Å². The van der Waals surface area contributed by atoms with Gasteiger partial charge in [0.1, 0.15) is 0 Å². The largest absolute Gasteiger partial charge is 0.313 e. The van der Waals surface area contributed by atoms with E-state index >= 15 is 0 Å². The molecule has 84 valence electrons. The van der Waals surface area contributed by atoms with Gasteiger partial charge in [-0.3, -0.25) is 4.79 Å². The van der Waals surface area contributed by atoms with Gasteiger partial charge in [0.2, 0.25) is 0 Å². The molecule has 1 aliphatic carbocycles. The molecule has 1 fully saturated rings. The molecule has 0 saturated carbocycles. The van der Waals surface area contributed by atoms with Gasteiger partial charge in [0, 0.05) is 22.5 Å². The first-order chi connectivity index (χ1) is 7.75. The van der Waals surface area contributed by atoms with Crippen molar-refractivity contribution in [1.82, 2.24) is 5.32 Å². The molecule has 3 rings (SSSR count). The van der Waals surface area contributed by atoms with Gasteiger partial charge in [-0.05, 0) is 49.6 Å². The molecule has 3 heteroatoms. The molecule has 1 aromatic carbocycles. The Balaban J connectivity index is 1.90. The van der Waals surface area contributed by atoms with E-state index in [4.69, 9.17) is 11.6 Å². The van der Waals surface area contributed by atoms with Gasteiger partial charge in [0.05, 0.1) is 0 Å². The Labute approximate surface area is 100.0 Å². The normalized spacial score (nSPS) is 28.4. The molecular weight excluding hydrogens is 222 g/mol. The maximum absolute atomic E-state index is 12.2. The topological polar surface area (TPSA) is 29.1 Å². The lowest BCUT2D eigenvalue weighted by atomic mass is 9.94. The molecule has 2 unspecified atom stereocenters. The summed E-state index contributed by atoms with van der Waals surface area (Å²) in [7, 11) is 0. The van der Waals surface area contributed by atoms with Crippen LogP contribution in [0.4, 0.5) is 0 Å². The zero-order valence-corrected chi connectivity index (χ0v) is 9.76. The average molecular weight is 236 g/mol. The summed E-state index contributed by atoms with van der Waals surface area (Å²) in [5, 5.41) is 4.15. The molecule has 0 spiro atoms. The Morgan fingerprint density at radius 3 is 3.00 bits per heavy atom. The van der Waals surface area contributed by atoms with Crippen molar-refractivity contribution in [2.45, 2.75) is 25.3 Å². The molecule has 0 aromatic heterocycles. The summed E-state index contributed by atoms with van der Waals surface area (Å²) in [5.41, 5.74) is 2.00. The van der Waals surface area contributed by atoms with Crippen LogP contribution in [0.2, 0.25) is 5.02 Å². The Morgan fingerprint density at radius 1 is 1.38 bits per heavy atom. The third-order valence-corrected chi connectivity index (χ3v) is 3.93. The van der Waals surface area contributed by atoms with Gasteiger partial charge in [-0.25, -0.2) is 0 Å². The van der Waals surface area contributed by atoms with Crippen LogP contribution in [0.25, 0.3) is 0 Å². The summed E-state index contributed by atoms with van der Waals surface area (Å²) < 4.78 is 0. The van der Waals surface area contributed by atoms with Crippen LogP contribution in [0, 0.1) is 5.92 Å². The lowest BCUT2D eigenvalue weighted by Crippen LogP contribution is -2.33. The van der Waals surface area contributed by atoms with Crippen molar-refractivity contribution in [1.29, 1.82) is 0 Å². The number of carbonyl (C=O) groups excluding carboxylic acids is 1. The first kappa shape index (κ1) is 10.3. The average Bonchev–Trinajstić information content (AvgIpc) is 2.86. The molecule has 1 heterocycles. The number of fused-ring (bicyclic) bond motifs is 1. The molecule has 0 radical (unpaired) electrons. The predicted octanol–water partition coefficient (Wildman–Crippen LogP) is 2.45. The van der Waals surface area contributed by atoms with Crippen LogP contribution < -0.4 is 5.32 Å². The lowest BCUT2D eigenvalue weighted by molar-refractivity contribution is 0.0914. The molecule has 1 aliphatic heterocycles. The third-order valence-electron chi connectivity index (χ3n) is 3.69. The molecular formula is C13H14ClNO. The first-order valence-corrected chi connectivity index (χ1v) is 6.19. The van der Waals surface area contributed by atoms with Crippen LogP contribution in [-0.4, -0.2) is 18.4 Å². The van der Waals surface area contributed by atoms with Crippen LogP contribution in [0.3, 0.4) is 0 Å². The van der Waals surface area contributed by atoms with Gasteiger partial charge in [0.25, 0.3) is 0 Å². The van der Waals surface area contributed by atoms with E-state index in [0.29, 0.717) is 11.8 Å². The molecule has 0 bridgehead atoms. The van der Waals surface area contributed by atoms with E-state index in [-0.39, 0.29) is 5.92 Å². The number of hydrogen-bond donors (Lipinski definition) is 1. The van der Waals surface area contributed by atoms with E-state index < -0.39 is 0 Å². The summed E-state index contributed by atoms with van der Waals surface area (Å²) >= 11 is 5.95. The molecule has 1 aromatic rings. The first-order valence-electron chi connectivity index (χ1n) is 5.82. The van der Waals surface area contributed by atoms with Gasteiger partial charge < -0.3 is 5.32 Å². The van der Waals surface area contributed by atoms with Crippen molar-refractivity contribution in [3.05, 3.63) is 34.3 Å². The summed E-state index contributed by atoms with van der Waals surface area (Å²) in [6.45, 7) is 1.05. The quantitative estimate of drug-likeness (QED) is 0.810. The van der Waals surface area contributed by atoms with Crippen molar-refractivity contribution in [2.24, 2.45) is 5.92 Å². The Morgan fingerprint density at radius 2 is 2.25 bits per heavy atom. The second-order valence-electron chi connectivity index (χ2n) is 4.68. The number of carbonyl (C=O) groups is 1. The third kappa shape index (κ3) is 1.57. The van der Waals surface area contributed by atoms with Gasteiger partial charge in [-0.15, -0.1) is 0 Å². The van der Waals surface area contributed by atoms with Gasteiger partial charge in [-0.1, -0.05) is 11.6 Å². The smallest absolute Gasteiger partial charge is 0.168 e. The molecule has 1 N–H and O–H groups in total. The van der Waals surface area contributed by atoms with Gasteiger partial charge in [-0.2, -0.15) is 0 Å². The van der Waals surface area contributed by atoms with E-state index in [1.165, 1.54) is 6.42 Å². The molecule has 1 saturated heterocycles. The zero-order chi connectivity index (χ0) is 11.1. The van der Waals surface area contributed by atoms with Crippen LogP contribution in [-0.2, 0) is 6.42 Å². The zero-order valence-electron chi connectivity index (χ0n) is 9.00. The maximum atomic E-state index is 12.2. The molecule has 2 atom stereocenters. The summed E-state index contributed by atoms with van der Waals surface area (Å²) in [6.07, 6.45) is 3.16. The highest BCUT2D eigenvalue weighted by atomic mass is 35.5. The van der Waals surface area contributed by atoms with E-state index in [2.05, 4.69) is 5.32 Å². The highest BCUT2D eigenvalue weighted by Gasteiger charge is 2.37. The number of halogens is 1. The van der Waals surface area contributed by atoms with Crippen molar-refractivity contribution in [3.63, 3.8) is 0 Å². The van der Waals surface area contributed by atoms with Crippen molar-refractivity contribution in [2.75, 3.05) is 6.54 Å². The molecule has 2 nitrogen and oxygen atoms in total. The predicted molar refractivity (Wildman–Crippen MR) is 64.0 cm³/mol. The SMILES string of the molecule is O=C1c2ccc(Cl)cc2CC1C1CCCN1. The summed E-state index contributed by atoms with van der Waals surface area (Å²) in [5.74, 6) is 0.432. The van der Waals surface area contributed by atoms with Gasteiger partial charge in [0.15, 0.2) is 5.78 Å². The molecule has 16 heavy (non-hydrogen) atoms. The molecule has 0 amide bonds. The lowest BCUT2D eigenvalue weighted by Gasteiger charge is -2.16. The fourth-order valence-corrected chi connectivity index (χ4v) is 3.08.